The van der Waals surface area contributed by atoms with Crippen molar-refractivity contribution in [1.82, 2.24) is 19.5 Å². The third-order valence-electron chi connectivity index (χ3n) is 6.68. The molecule has 4 aromatic carbocycles. The Morgan fingerprint density at radius 1 is 0.486 bits per heavy atom. The summed E-state index contributed by atoms with van der Waals surface area (Å²) >= 11 is 3.70. The average molecular weight is 511 g/mol. The molecule has 0 spiro atoms. The Morgan fingerprint density at radius 3 is 1.78 bits per heavy atom. The van der Waals surface area contributed by atoms with Crippen molar-refractivity contribution in [2.45, 2.75) is 0 Å². The molecule has 4 heterocycles. The Kier molecular flexibility index (Phi) is 4.53. The van der Waals surface area contributed by atoms with Crippen molar-refractivity contribution in [3.8, 4) is 28.7 Å². The van der Waals surface area contributed by atoms with Crippen LogP contribution in [0.25, 0.3) is 69.3 Å². The fraction of sp³-hybridized carbons (Fsp3) is 0. The number of aromatic nitrogens is 4. The first kappa shape index (κ1) is 20.8. The number of nitrogens with zero attached hydrogens (tertiary/aromatic N) is 4. The zero-order chi connectivity index (χ0) is 24.3. The van der Waals surface area contributed by atoms with Crippen molar-refractivity contribution in [1.29, 1.82) is 0 Å². The predicted molar refractivity (Wildman–Crippen MR) is 156 cm³/mol. The second-order valence-corrected chi connectivity index (χ2v) is 11.0. The standard InChI is InChI=1S/C31H18N4S2/c1-3-11-19(12-4-1)29-32-30(20-13-5-2-6-14-20)34-31(33-29)35-23-17-9-7-15-21(23)26-25(35)28-27(37-26)22-16-8-10-18-24(22)36-28/h1-18H. The second kappa shape index (κ2) is 8.06. The summed E-state index contributed by atoms with van der Waals surface area (Å²) in [5, 5.41) is 2.53. The number of thiophene rings is 2. The van der Waals surface area contributed by atoms with E-state index < -0.39 is 0 Å². The number of fused-ring (bicyclic) bond motifs is 7. The van der Waals surface area contributed by atoms with E-state index in [9.17, 15) is 0 Å². The van der Waals surface area contributed by atoms with Crippen molar-refractivity contribution >= 4 is 63.3 Å². The summed E-state index contributed by atoms with van der Waals surface area (Å²) in [5.41, 5.74) is 4.21. The van der Waals surface area contributed by atoms with Gasteiger partial charge in [-0.2, -0.15) is 9.97 Å². The lowest BCUT2D eigenvalue weighted by molar-refractivity contribution is 0.956. The molecule has 174 valence electrons. The van der Waals surface area contributed by atoms with E-state index in [0.717, 1.165) is 16.6 Å². The molecule has 0 unspecified atom stereocenters. The first-order chi connectivity index (χ1) is 18.3. The zero-order valence-electron chi connectivity index (χ0n) is 19.5. The lowest BCUT2D eigenvalue weighted by Crippen LogP contribution is -2.06. The van der Waals surface area contributed by atoms with Gasteiger partial charge >= 0.3 is 0 Å². The molecule has 0 fully saturated rings. The minimum Gasteiger partial charge on any atom is -0.275 e. The molecule has 37 heavy (non-hydrogen) atoms. The molecule has 8 aromatic rings. The SMILES string of the molecule is c1ccc(-c2nc(-c3ccccc3)nc(-n3c4ccccc4c4sc5c6ccccc6sc5c43)n2)cc1. The third kappa shape index (κ3) is 3.16. The average Bonchev–Trinajstić information content (AvgIpc) is 3.61. The van der Waals surface area contributed by atoms with Crippen LogP contribution in [0.4, 0.5) is 0 Å². The number of hydrogen-bond donors (Lipinski definition) is 0. The summed E-state index contributed by atoms with van der Waals surface area (Å²) in [6.07, 6.45) is 0. The first-order valence-corrected chi connectivity index (χ1v) is 13.7. The molecule has 0 amide bonds. The molecule has 0 bridgehead atoms. The Hall–Kier alpha value is -4.39. The van der Waals surface area contributed by atoms with Crippen LogP contribution in [0.3, 0.4) is 0 Å². The van der Waals surface area contributed by atoms with Crippen LogP contribution in [0.15, 0.2) is 109 Å². The number of rotatable bonds is 3. The summed E-state index contributed by atoms with van der Waals surface area (Å²) < 4.78 is 7.41. The minimum atomic E-state index is 0.635. The minimum absolute atomic E-state index is 0.635. The quantitative estimate of drug-likeness (QED) is 0.239. The summed E-state index contributed by atoms with van der Waals surface area (Å²) in [5.74, 6) is 1.97. The molecule has 4 aromatic heterocycles. The first-order valence-electron chi connectivity index (χ1n) is 12.1. The van der Waals surface area contributed by atoms with Crippen LogP contribution < -0.4 is 0 Å². The normalized spacial score (nSPS) is 11.8. The molecule has 0 saturated carbocycles. The van der Waals surface area contributed by atoms with Gasteiger partial charge in [-0.15, -0.1) is 22.7 Å². The van der Waals surface area contributed by atoms with Gasteiger partial charge in [0.15, 0.2) is 11.6 Å². The third-order valence-corrected chi connectivity index (χ3v) is 9.24. The fourth-order valence-corrected chi connectivity index (χ4v) is 7.78. The topological polar surface area (TPSA) is 43.6 Å². The smallest absolute Gasteiger partial charge is 0.238 e. The molecule has 0 aliphatic heterocycles. The van der Waals surface area contributed by atoms with Gasteiger partial charge in [0.05, 0.1) is 25.1 Å². The van der Waals surface area contributed by atoms with E-state index in [0.29, 0.717) is 17.6 Å². The Labute approximate surface area is 220 Å². The van der Waals surface area contributed by atoms with Crippen LogP contribution in [-0.2, 0) is 0 Å². The van der Waals surface area contributed by atoms with Gasteiger partial charge in [-0.1, -0.05) is 97.1 Å². The van der Waals surface area contributed by atoms with Gasteiger partial charge in [-0.25, -0.2) is 4.98 Å². The van der Waals surface area contributed by atoms with E-state index >= 15 is 0 Å². The largest absolute Gasteiger partial charge is 0.275 e. The molecule has 8 rings (SSSR count). The van der Waals surface area contributed by atoms with Crippen LogP contribution >= 0.6 is 22.7 Å². The second-order valence-electron chi connectivity index (χ2n) is 8.90. The molecule has 0 N–H and O–H groups in total. The van der Waals surface area contributed by atoms with Crippen LogP contribution in [0.1, 0.15) is 0 Å². The van der Waals surface area contributed by atoms with Crippen molar-refractivity contribution in [3.63, 3.8) is 0 Å². The number of benzene rings is 4. The monoisotopic (exact) mass is 510 g/mol. The molecule has 4 nitrogen and oxygen atoms in total. The predicted octanol–water partition coefficient (Wildman–Crippen LogP) is 8.73. The number of para-hydroxylation sites is 1. The van der Waals surface area contributed by atoms with Crippen molar-refractivity contribution in [2.75, 3.05) is 0 Å². The molecule has 6 heteroatoms. The van der Waals surface area contributed by atoms with Gasteiger partial charge in [-0.05, 0) is 12.1 Å². The van der Waals surface area contributed by atoms with Gasteiger partial charge in [0.1, 0.15) is 0 Å². The van der Waals surface area contributed by atoms with Gasteiger partial charge in [0.25, 0.3) is 0 Å². The van der Waals surface area contributed by atoms with Crippen molar-refractivity contribution in [2.24, 2.45) is 0 Å². The summed E-state index contributed by atoms with van der Waals surface area (Å²) in [4.78, 5) is 15.0. The summed E-state index contributed by atoms with van der Waals surface area (Å²) in [6.45, 7) is 0. The van der Waals surface area contributed by atoms with Crippen molar-refractivity contribution in [3.05, 3.63) is 109 Å². The Bertz CT molecular complexity index is 2030. The molecule has 0 saturated heterocycles. The molecule has 0 aliphatic rings. The van der Waals surface area contributed by atoms with E-state index in [1.807, 2.05) is 83.3 Å². The highest BCUT2D eigenvalue weighted by molar-refractivity contribution is 7.37. The fourth-order valence-electron chi connectivity index (χ4n) is 5.00. The maximum Gasteiger partial charge on any atom is 0.238 e. The highest BCUT2D eigenvalue weighted by atomic mass is 32.1. The van der Waals surface area contributed by atoms with E-state index in [2.05, 4.69) is 53.1 Å². The van der Waals surface area contributed by atoms with Gasteiger partial charge in [-0.3, -0.25) is 4.57 Å². The maximum atomic E-state index is 5.06. The van der Waals surface area contributed by atoms with E-state index in [1.165, 1.54) is 35.1 Å². The lowest BCUT2D eigenvalue weighted by Gasteiger charge is -2.10. The van der Waals surface area contributed by atoms with E-state index in [4.69, 9.17) is 15.0 Å². The summed E-state index contributed by atoms with van der Waals surface area (Å²) in [7, 11) is 0. The highest BCUT2D eigenvalue weighted by Crippen LogP contribution is 2.48. The number of hydrogen-bond acceptors (Lipinski definition) is 5. The molecule has 0 radical (unpaired) electrons. The molecular weight excluding hydrogens is 493 g/mol. The Morgan fingerprint density at radius 2 is 1.08 bits per heavy atom. The maximum absolute atomic E-state index is 5.06. The summed E-state index contributed by atoms with van der Waals surface area (Å²) in [6, 6.07) is 37.5. The van der Waals surface area contributed by atoms with Crippen LogP contribution in [-0.4, -0.2) is 19.5 Å². The van der Waals surface area contributed by atoms with Crippen LogP contribution in [0, 0.1) is 0 Å². The van der Waals surface area contributed by atoms with Gasteiger partial charge < -0.3 is 0 Å². The lowest BCUT2D eigenvalue weighted by atomic mass is 10.2. The highest BCUT2D eigenvalue weighted by Gasteiger charge is 2.23. The van der Waals surface area contributed by atoms with Gasteiger partial charge in [0.2, 0.25) is 5.95 Å². The Balaban J connectivity index is 1.51. The molecule has 0 aliphatic carbocycles. The van der Waals surface area contributed by atoms with E-state index in [-0.39, 0.29) is 0 Å². The molecular formula is C31H18N4S2. The molecule has 0 atom stereocenters. The van der Waals surface area contributed by atoms with Crippen molar-refractivity contribution < 1.29 is 0 Å². The van der Waals surface area contributed by atoms with E-state index in [1.54, 1.807) is 0 Å². The zero-order valence-corrected chi connectivity index (χ0v) is 21.1. The van der Waals surface area contributed by atoms with Crippen LogP contribution in [0.5, 0.6) is 0 Å². The van der Waals surface area contributed by atoms with Crippen LogP contribution in [0.2, 0.25) is 0 Å². The van der Waals surface area contributed by atoms with Gasteiger partial charge in [0, 0.05) is 26.6 Å².